The van der Waals surface area contributed by atoms with E-state index in [1.165, 1.54) is 31.4 Å². The van der Waals surface area contributed by atoms with Crippen LogP contribution in [0.3, 0.4) is 0 Å². The molecule has 1 atom stereocenters. The van der Waals surface area contributed by atoms with Gasteiger partial charge >= 0.3 is 0 Å². The van der Waals surface area contributed by atoms with Crippen molar-refractivity contribution in [1.82, 2.24) is 0 Å². The fourth-order valence-electron chi connectivity index (χ4n) is 1.59. The molecular formula is C14H23NS. The van der Waals surface area contributed by atoms with Gasteiger partial charge in [-0.2, -0.15) is 0 Å². The standard InChI is InChI=1S/C14H23NS/c1-3-4-6-9-13(2)16-12-15-14-10-7-5-8-11-14/h5,7-8,10-11,13,15H,3-4,6,9,12H2,1-2H3/t13-/m1/s1. The first-order chi connectivity index (χ1) is 7.83. The summed E-state index contributed by atoms with van der Waals surface area (Å²) in [6.45, 7) is 4.59. The van der Waals surface area contributed by atoms with E-state index in [-0.39, 0.29) is 0 Å². The summed E-state index contributed by atoms with van der Waals surface area (Å²) in [6.07, 6.45) is 5.40. The zero-order chi connectivity index (χ0) is 11.6. The lowest BCUT2D eigenvalue weighted by molar-refractivity contribution is 0.664. The molecule has 16 heavy (non-hydrogen) atoms. The first kappa shape index (κ1) is 13.4. The van der Waals surface area contributed by atoms with Crippen LogP contribution in [0.4, 0.5) is 5.69 Å². The van der Waals surface area contributed by atoms with Gasteiger partial charge in [-0.3, -0.25) is 0 Å². The van der Waals surface area contributed by atoms with Crippen molar-refractivity contribution in [2.45, 2.75) is 44.8 Å². The lowest BCUT2D eigenvalue weighted by Gasteiger charge is -2.12. The molecule has 2 heteroatoms. The van der Waals surface area contributed by atoms with E-state index in [2.05, 4.69) is 43.4 Å². The first-order valence-electron chi connectivity index (χ1n) is 6.23. The van der Waals surface area contributed by atoms with Crippen LogP contribution in [0.15, 0.2) is 30.3 Å². The normalized spacial score (nSPS) is 12.4. The molecule has 1 N–H and O–H groups in total. The highest BCUT2D eigenvalue weighted by Gasteiger charge is 2.01. The molecule has 0 radical (unpaired) electrons. The van der Waals surface area contributed by atoms with Gasteiger partial charge in [-0.15, -0.1) is 11.8 Å². The third kappa shape index (κ3) is 6.06. The molecule has 0 amide bonds. The topological polar surface area (TPSA) is 12.0 Å². The third-order valence-electron chi connectivity index (χ3n) is 2.63. The van der Waals surface area contributed by atoms with Crippen LogP contribution in [0.25, 0.3) is 0 Å². The second-order valence-electron chi connectivity index (χ2n) is 4.16. The van der Waals surface area contributed by atoms with Crippen LogP contribution in [0.2, 0.25) is 0 Å². The zero-order valence-corrected chi connectivity index (χ0v) is 11.2. The fourth-order valence-corrected chi connectivity index (χ4v) is 2.46. The monoisotopic (exact) mass is 237 g/mol. The molecule has 0 fully saturated rings. The first-order valence-corrected chi connectivity index (χ1v) is 7.28. The highest BCUT2D eigenvalue weighted by Crippen LogP contribution is 2.18. The lowest BCUT2D eigenvalue weighted by atomic mass is 10.2. The number of anilines is 1. The maximum atomic E-state index is 3.43. The Hall–Kier alpha value is -0.630. The summed E-state index contributed by atoms with van der Waals surface area (Å²) in [5.41, 5.74) is 1.22. The molecule has 0 aliphatic carbocycles. The van der Waals surface area contributed by atoms with Gasteiger partial charge in [0.2, 0.25) is 0 Å². The molecule has 1 aromatic carbocycles. The third-order valence-corrected chi connectivity index (χ3v) is 3.75. The molecule has 0 aromatic heterocycles. The molecule has 0 aliphatic rings. The van der Waals surface area contributed by atoms with Crippen molar-refractivity contribution in [3.63, 3.8) is 0 Å². The highest BCUT2D eigenvalue weighted by molar-refractivity contribution is 7.99. The lowest BCUT2D eigenvalue weighted by Crippen LogP contribution is -2.03. The highest BCUT2D eigenvalue weighted by atomic mass is 32.2. The van der Waals surface area contributed by atoms with Crippen molar-refractivity contribution in [1.29, 1.82) is 0 Å². The van der Waals surface area contributed by atoms with Crippen molar-refractivity contribution >= 4 is 17.4 Å². The number of unbranched alkanes of at least 4 members (excludes halogenated alkanes) is 2. The average Bonchev–Trinajstić information content (AvgIpc) is 2.31. The number of benzene rings is 1. The molecule has 1 rings (SSSR count). The average molecular weight is 237 g/mol. The van der Waals surface area contributed by atoms with E-state index in [9.17, 15) is 0 Å². The number of para-hydroxylation sites is 1. The maximum absolute atomic E-state index is 3.43. The summed E-state index contributed by atoms with van der Waals surface area (Å²) in [5, 5.41) is 4.20. The minimum atomic E-state index is 0.766. The van der Waals surface area contributed by atoms with Gasteiger partial charge in [-0.1, -0.05) is 51.3 Å². The van der Waals surface area contributed by atoms with E-state index in [4.69, 9.17) is 0 Å². The van der Waals surface area contributed by atoms with Crippen LogP contribution in [0, 0.1) is 0 Å². The van der Waals surface area contributed by atoms with Gasteiger partial charge < -0.3 is 5.32 Å². The Kier molecular flexibility index (Phi) is 7.15. The fraction of sp³-hybridized carbons (Fsp3) is 0.571. The Balaban J connectivity index is 2.06. The van der Waals surface area contributed by atoms with Crippen LogP contribution >= 0.6 is 11.8 Å². The van der Waals surface area contributed by atoms with Crippen molar-refractivity contribution in [2.75, 3.05) is 11.2 Å². The largest absolute Gasteiger partial charge is 0.376 e. The Labute approximate surface area is 104 Å². The van der Waals surface area contributed by atoms with Crippen molar-refractivity contribution in [3.8, 4) is 0 Å². The quantitative estimate of drug-likeness (QED) is 0.517. The van der Waals surface area contributed by atoms with Crippen molar-refractivity contribution in [2.24, 2.45) is 0 Å². The second-order valence-corrected chi connectivity index (χ2v) is 5.59. The number of nitrogens with one attached hydrogen (secondary N) is 1. The van der Waals surface area contributed by atoms with Crippen LogP contribution in [0.5, 0.6) is 0 Å². The Morgan fingerprint density at radius 2 is 1.94 bits per heavy atom. The Morgan fingerprint density at radius 3 is 2.62 bits per heavy atom. The van der Waals surface area contributed by atoms with E-state index >= 15 is 0 Å². The molecule has 1 aromatic rings. The molecule has 0 bridgehead atoms. The summed E-state index contributed by atoms with van der Waals surface area (Å²) in [4.78, 5) is 0. The van der Waals surface area contributed by atoms with Gasteiger partial charge in [0.15, 0.2) is 0 Å². The Morgan fingerprint density at radius 1 is 1.19 bits per heavy atom. The summed E-state index contributed by atoms with van der Waals surface area (Å²) in [6, 6.07) is 10.4. The number of thioether (sulfide) groups is 1. The van der Waals surface area contributed by atoms with E-state index in [1.807, 2.05) is 17.8 Å². The van der Waals surface area contributed by atoms with Gasteiger partial charge in [0.05, 0.1) is 5.88 Å². The predicted octanol–water partition coefficient (Wildman–Crippen LogP) is 4.76. The molecule has 0 unspecified atom stereocenters. The summed E-state index contributed by atoms with van der Waals surface area (Å²) in [5.74, 6) is 1.01. The second kappa shape index (κ2) is 8.51. The molecular weight excluding hydrogens is 214 g/mol. The Bertz CT molecular complexity index is 261. The van der Waals surface area contributed by atoms with Gasteiger partial charge in [0.25, 0.3) is 0 Å². The van der Waals surface area contributed by atoms with E-state index in [0.717, 1.165) is 11.1 Å². The predicted molar refractivity (Wildman–Crippen MR) is 76.1 cm³/mol. The molecule has 0 aliphatic heterocycles. The molecule has 0 heterocycles. The van der Waals surface area contributed by atoms with Crippen molar-refractivity contribution in [3.05, 3.63) is 30.3 Å². The minimum absolute atomic E-state index is 0.766. The molecule has 1 nitrogen and oxygen atoms in total. The van der Waals surface area contributed by atoms with Crippen LogP contribution in [-0.4, -0.2) is 11.1 Å². The summed E-state index contributed by atoms with van der Waals surface area (Å²) < 4.78 is 0. The number of hydrogen-bond donors (Lipinski definition) is 1. The minimum Gasteiger partial charge on any atom is -0.376 e. The van der Waals surface area contributed by atoms with Gasteiger partial charge in [-0.05, 0) is 18.6 Å². The number of hydrogen-bond acceptors (Lipinski definition) is 2. The van der Waals surface area contributed by atoms with E-state index in [1.54, 1.807) is 0 Å². The molecule has 0 spiro atoms. The molecule has 90 valence electrons. The smallest absolute Gasteiger partial charge is 0.0613 e. The summed E-state index contributed by atoms with van der Waals surface area (Å²) >= 11 is 2.01. The zero-order valence-electron chi connectivity index (χ0n) is 10.4. The maximum Gasteiger partial charge on any atom is 0.0613 e. The van der Waals surface area contributed by atoms with Crippen molar-refractivity contribution < 1.29 is 0 Å². The van der Waals surface area contributed by atoms with E-state index in [0.29, 0.717) is 0 Å². The van der Waals surface area contributed by atoms with Crippen LogP contribution in [0.1, 0.15) is 39.5 Å². The van der Waals surface area contributed by atoms with Gasteiger partial charge in [0, 0.05) is 10.9 Å². The van der Waals surface area contributed by atoms with Crippen LogP contribution in [-0.2, 0) is 0 Å². The SMILES string of the molecule is CCCCC[C@@H](C)SCNc1ccccc1. The molecule has 0 saturated heterocycles. The van der Waals surface area contributed by atoms with Gasteiger partial charge in [0.1, 0.15) is 0 Å². The molecule has 0 saturated carbocycles. The summed E-state index contributed by atoms with van der Waals surface area (Å²) in [7, 11) is 0. The number of rotatable bonds is 8. The van der Waals surface area contributed by atoms with E-state index < -0.39 is 0 Å². The van der Waals surface area contributed by atoms with Crippen LogP contribution < -0.4 is 5.32 Å². The van der Waals surface area contributed by atoms with Gasteiger partial charge in [-0.25, -0.2) is 0 Å².